The first-order chi connectivity index (χ1) is 11.4. The summed E-state index contributed by atoms with van der Waals surface area (Å²) in [4.78, 5) is 5.76. The molecule has 24 heavy (non-hydrogen) atoms. The van der Waals surface area contributed by atoms with Crippen molar-refractivity contribution in [2.45, 2.75) is 24.7 Å². The van der Waals surface area contributed by atoms with Gasteiger partial charge in [-0.1, -0.05) is 12.1 Å². The lowest BCUT2D eigenvalue weighted by Crippen LogP contribution is -2.25. The molecule has 0 saturated carbocycles. The molecular formula is C17H17F3N2O2. The fraction of sp³-hybridized carbons (Fsp3) is 0.353. The first-order valence-corrected chi connectivity index (χ1v) is 7.50. The van der Waals surface area contributed by atoms with Gasteiger partial charge in [-0.15, -0.1) is 0 Å². The second-order valence-corrected chi connectivity index (χ2v) is 5.74. The Labute approximate surface area is 137 Å². The van der Waals surface area contributed by atoms with Gasteiger partial charge in [0.05, 0.1) is 24.8 Å². The highest BCUT2D eigenvalue weighted by Gasteiger charge is 2.35. The van der Waals surface area contributed by atoms with Crippen LogP contribution in [0.1, 0.15) is 23.6 Å². The van der Waals surface area contributed by atoms with E-state index >= 15 is 0 Å². The molecular weight excluding hydrogens is 321 g/mol. The van der Waals surface area contributed by atoms with Gasteiger partial charge < -0.3 is 14.7 Å². The third kappa shape index (κ3) is 3.31. The smallest absolute Gasteiger partial charge is 0.417 e. The van der Waals surface area contributed by atoms with Crippen LogP contribution in [0.15, 0.2) is 42.6 Å². The van der Waals surface area contributed by atoms with Crippen molar-refractivity contribution >= 4 is 5.82 Å². The van der Waals surface area contributed by atoms with Gasteiger partial charge in [0.1, 0.15) is 11.6 Å². The topological polar surface area (TPSA) is 45.6 Å². The number of aliphatic hydroxyl groups excluding tert-OH is 1. The lowest BCUT2D eigenvalue weighted by molar-refractivity contribution is -0.137. The monoisotopic (exact) mass is 338 g/mol. The Bertz CT molecular complexity index is 704. The molecule has 0 aliphatic carbocycles. The highest BCUT2D eigenvalue weighted by Crippen LogP contribution is 2.37. The second-order valence-electron chi connectivity index (χ2n) is 5.74. The Kier molecular flexibility index (Phi) is 4.36. The summed E-state index contributed by atoms with van der Waals surface area (Å²) in [7, 11) is 1.57. The zero-order valence-corrected chi connectivity index (χ0v) is 13.0. The first kappa shape index (κ1) is 16.6. The average Bonchev–Trinajstić information content (AvgIpc) is 2.96. The number of aliphatic hydroxyl groups is 1. The van der Waals surface area contributed by atoms with Crippen LogP contribution in [0.5, 0.6) is 5.75 Å². The SMILES string of the molecule is COc1cccc([C@@H]2C[C@@H](O)CN2c2ccc(C(F)(F)F)cn2)c1. The molecule has 0 bridgehead atoms. The van der Waals surface area contributed by atoms with E-state index in [4.69, 9.17) is 4.74 Å². The number of aromatic nitrogens is 1. The van der Waals surface area contributed by atoms with E-state index in [1.54, 1.807) is 7.11 Å². The number of ether oxygens (including phenoxy) is 1. The number of halogens is 3. The van der Waals surface area contributed by atoms with Crippen molar-refractivity contribution in [1.82, 2.24) is 4.98 Å². The number of rotatable bonds is 3. The molecule has 0 amide bonds. The number of hydrogen-bond acceptors (Lipinski definition) is 4. The number of benzene rings is 1. The number of nitrogens with zero attached hydrogens (tertiary/aromatic N) is 2. The Balaban J connectivity index is 1.90. The van der Waals surface area contributed by atoms with E-state index in [9.17, 15) is 18.3 Å². The minimum absolute atomic E-state index is 0.167. The quantitative estimate of drug-likeness (QED) is 0.931. The van der Waals surface area contributed by atoms with Crippen molar-refractivity contribution in [3.63, 3.8) is 0 Å². The molecule has 0 spiro atoms. The first-order valence-electron chi connectivity index (χ1n) is 7.50. The van der Waals surface area contributed by atoms with E-state index in [1.165, 1.54) is 6.07 Å². The van der Waals surface area contributed by atoms with Crippen LogP contribution in [-0.4, -0.2) is 29.8 Å². The van der Waals surface area contributed by atoms with Crippen molar-refractivity contribution in [2.75, 3.05) is 18.6 Å². The summed E-state index contributed by atoms with van der Waals surface area (Å²) in [6.45, 7) is 0.320. The van der Waals surface area contributed by atoms with E-state index < -0.39 is 17.8 Å². The Morgan fingerprint density at radius 3 is 2.67 bits per heavy atom. The highest BCUT2D eigenvalue weighted by atomic mass is 19.4. The van der Waals surface area contributed by atoms with Crippen LogP contribution in [-0.2, 0) is 6.18 Å². The Hall–Kier alpha value is -2.28. The number of hydrogen-bond donors (Lipinski definition) is 1. The highest BCUT2D eigenvalue weighted by molar-refractivity contribution is 5.46. The van der Waals surface area contributed by atoms with Crippen LogP contribution in [0.3, 0.4) is 0 Å². The van der Waals surface area contributed by atoms with Crippen LogP contribution < -0.4 is 9.64 Å². The Morgan fingerprint density at radius 1 is 1.25 bits per heavy atom. The Morgan fingerprint density at radius 2 is 2.04 bits per heavy atom. The number of pyridine rings is 1. The third-order valence-electron chi connectivity index (χ3n) is 4.13. The summed E-state index contributed by atoms with van der Waals surface area (Å²) in [5, 5.41) is 10.0. The zero-order valence-electron chi connectivity index (χ0n) is 13.0. The molecule has 4 nitrogen and oxygen atoms in total. The van der Waals surface area contributed by atoms with E-state index in [-0.39, 0.29) is 6.04 Å². The maximum Gasteiger partial charge on any atom is 0.417 e. The normalized spacial score (nSPS) is 21.1. The minimum atomic E-state index is -4.41. The molecule has 1 aromatic heterocycles. The van der Waals surface area contributed by atoms with Crippen molar-refractivity contribution < 1.29 is 23.0 Å². The van der Waals surface area contributed by atoms with E-state index in [0.29, 0.717) is 24.5 Å². The summed E-state index contributed by atoms with van der Waals surface area (Å²) in [6.07, 6.45) is -3.67. The fourth-order valence-corrected chi connectivity index (χ4v) is 2.96. The van der Waals surface area contributed by atoms with Crippen LogP contribution in [0.4, 0.5) is 19.0 Å². The molecule has 2 aromatic rings. The van der Waals surface area contributed by atoms with Crippen LogP contribution in [0, 0.1) is 0 Å². The number of alkyl halides is 3. The van der Waals surface area contributed by atoms with Gasteiger partial charge in [0.15, 0.2) is 0 Å². The summed E-state index contributed by atoms with van der Waals surface area (Å²) in [5.74, 6) is 1.10. The van der Waals surface area contributed by atoms with Crippen molar-refractivity contribution in [3.8, 4) is 5.75 Å². The van der Waals surface area contributed by atoms with Crippen LogP contribution >= 0.6 is 0 Å². The van der Waals surface area contributed by atoms with Gasteiger partial charge >= 0.3 is 6.18 Å². The van der Waals surface area contributed by atoms with E-state index in [2.05, 4.69) is 4.98 Å². The maximum atomic E-state index is 12.7. The fourth-order valence-electron chi connectivity index (χ4n) is 2.96. The van der Waals surface area contributed by atoms with Gasteiger partial charge in [0.25, 0.3) is 0 Å². The molecule has 0 unspecified atom stereocenters. The average molecular weight is 338 g/mol. The van der Waals surface area contributed by atoms with Gasteiger partial charge in [0, 0.05) is 12.7 Å². The van der Waals surface area contributed by atoms with Crippen molar-refractivity contribution in [2.24, 2.45) is 0 Å². The van der Waals surface area contributed by atoms with Crippen molar-refractivity contribution in [3.05, 3.63) is 53.7 Å². The predicted octanol–water partition coefficient (Wildman–Crippen LogP) is 3.42. The lowest BCUT2D eigenvalue weighted by Gasteiger charge is -2.26. The van der Waals surface area contributed by atoms with Crippen molar-refractivity contribution in [1.29, 1.82) is 0 Å². The van der Waals surface area contributed by atoms with Crippen LogP contribution in [0.2, 0.25) is 0 Å². The molecule has 2 heterocycles. The molecule has 2 atom stereocenters. The zero-order chi connectivity index (χ0) is 17.3. The summed E-state index contributed by atoms with van der Waals surface area (Å²) < 4.78 is 43.2. The van der Waals surface area contributed by atoms with E-state index in [1.807, 2.05) is 29.2 Å². The van der Waals surface area contributed by atoms with E-state index in [0.717, 1.165) is 17.8 Å². The third-order valence-corrected chi connectivity index (χ3v) is 4.13. The largest absolute Gasteiger partial charge is 0.497 e. The van der Waals surface area contributed by atoms with Crippen LogP contribution in [0.25, 0.3) is 0 Å². The molecule has 1 fully saturated rings. The predicted molar refractivity (Wildman–Crippen MR) is 82.9 cm³/mol. The number of methoxy groups -OCH3 is 1. The molecule has 128 valence electrons. The summed E-state index contributed by atoms with van der Waals surface area (Å²) >= 11 is 0. The summed E-state index contributed by atoms with van der Waals surface area (Å²) in [6, 6.07) is 9.61. The molecule has 1 N–H and O–H groups in total. The molecule has 1 aliphatic heterocycles. The molecule has 0 radical (unpaired) electrons. The maximum absolute atomic E-state index is 12.7. The summed E-state index contributed by atoms with van der Waals surface area (Å²) in [5.41, 5.74) is 0.136. The molecule has 1 saturated heterocycles. The number of anilines is 1. The molecule has 7 heteroatoms. The van der Waals surface area contributed by atoms with Gasteiger partial charge in [-0.05, 0) is 36.2 Å². The minimum Gasteiger partial charge on any atom is -0.497 e. The molecule has 1 aromatic carbocycles. The van der Waals surface area contributed by atoms with Gasteiger partial charge in [0.2, 0.25) is 0 Å². The molecule has 3 rings (SSSR count). The number of β-amino-alcohol motifs (C(OH)–C–C–N with tert-alkyl or cyclic N) is 1. The van der Waals surface area contributed by atoms with Gasteiger partial charge in [-0.3, -0.25) is 0 Å². The van der Waals surface area contributed by atoms with Gasteiger partial charge in [-0.2, -0.15) is 13.2 Å². The molecule has 1 aliphatic rings. The standard InChI is InChI=1S/C17H17F3N2O2/c1-24-14-4-2-3-11(7-14)15-8-13(23)10-22(15)16-6-5-12(9-21-16)17(18,19)20/h2-7,9,13,15,23H,8,10H2,1H3/t13-,15+/m1/s1. The second kappa shape index (κ2) is 6.32. The lowest BCUT2D eigenvalue weighted by atomic mass is 10.0. The van der Waals surface area contributed by atoms with Gasteiger partial charge in [-0.25, -0.2) is 4.98 Å².